The maximum Gasteiger partial charge on any atom is 0.326 e. The number of nitrogens with one attached hydrogen (secondary N) is 2. The summed E-state index contributed by atoms with van der Waals surface area (Å²) in [5.41, 5.74) is 0.0318. The van der Waals surface area contributed by atoms with Crippen LogP contribution in [0.5, 0.6) is 0 Å². The van der Waals surface area contributed by atoms with Crippen LogP contribution in [-0.2, 0) is 14.3 Å². The summed E-state index contributed by atoms with van der Waals surface area (Å²) in [5, 5.41) is 11.5. The highest BCUT2D eigenvalue weighted by molar-refractivity contribution is 6.41. The van der Waals surface area contributed by atoms with Gasteiger partial charge in [-0.05, 0) is 12.5 Å². The van der Waals surface area contributed by atoms with E-state index < -0.39 is 23.9 Å². The number of amides is 1. The summed E-state index contributed by atoms with van der Waals surface area (Å²) in [7, 11) is 1.19. The molecule has 0 saturated carbocycles. The summed E-state index contributed by atoms with van der Waals surface area (Å²) in [6.07, 6.45) is -0.212. The predicted octanol–water partition coefficient (Wildman–Crippen LogP) is 1.46. The number of carboxylic acids is 1. The van der Waals surface area contributed by atoms with Crippen LogP contribution in [0.1, 0.15) is 23.3 Å². The van der Waals surface area contributed by atoms with Crippen molar-refractivity contribution in [2.45, 2.75) is 18.9 Å². The lowest BCUT2D eigenvalue weighted by molar-refractivity contribution is -0.142. The number of carbonyl (C=O) groups excluding carboxylic acids is 2. The maximum absolute atomic E-state index is 11.8. The number of carboxylic acid groups (broad SMARTS) is 1. The monoisotopic (exact) mass is 322 g/mol. The molecule has 0 bridgehead atoms. The summed E-state index contributed by atoms with van der Waals surface area (Å²) in [6, 6.07) is 0.0563. The number of aliphatic carboxylic acids is 1. The van der Waals surface area contributed by atoms with E-state index in [1.165, 1.54) is 13.2 Å². The van der Waals surface area contributed by atoms with Gasteiger partial charge in [0.2, 0.25) is 0 Å². The number of aromatic amines is 1. The first kappa shape index (κ1) is 16.3. The lowest BCUT2D eigenvalue weighted by Crippen LogP contribution is -2.41. The van der Waals surface area contributed by atoms with E-state index in [4.69, 9.17) is 28.3 Å². The third kappa shape index (κ3) is 4.43. The number of hydrogen-bond acceptors (Lipinski definition) is 4. The largest absolute Gasteiger partial charge is 0.480 e. The zero-order valence-corrected chi connectivity index (χ0v) is 11.9. The van der Waals surface area contributed by atoms with Gasteiger partial charge in [0.15, 0.2) is 0 Å². The Labute approximate surface area is 124 Å². The number of hydrogen-bond donors (Lipinski definition) is 3. The molecule has 1 rings (SSSR count). The first-order valence-electron chi connectivity index (χ1n) is 5.49. The van der Waals surface area contributed by atoms with Crippen LogP contribution in [0.25, 0.3) is 0 Å². The van der Waals surface area contributed by atoms with E-state index in [9.17, 15) is 14.4 Å². The summed E-state index contributed by atoms with van der Waals surface area (Å²) < 4.78 is 4.40. The average molecular weight is 323 g/mol. The van der Waals surface area contributed by atoms with Gasteiger partial charge in [-0.15, -0.1) is 0 Å². The minimum atomic E-state index is -1.26. The molecule has 9 heteroatoms. The van der Waals surface area contributed by atoms with Crippen molar-refractivity contribution in [3.05, 3.63) is 21.9 Å². The summed E-state index contributed by atoms with van der Waals surface area (Å²) >= 11 is 11.3. The molecule has 7 nitrogen and oxygen atoms in total. The van der Waals surface area contributed by atoms with E-state index in [-0.39, 0.29) is 28.7 Å². The van der Waals surface area contributed by atoms with Crippen LogP contribution in [0.3, 0.4) is 0 Å². The molecule has 0 saturated heterocycles. The predicted molar refractivity (Wildman–Crippen MR) is 71.0 cm³/mol. The summed E-state index contributed by atoms with van der Waals surface area (Å²) in [5.74, 6) is -2.50. The van der Waals surface area contributed by atoms with Crippen LogP contribution < -0.4 is 5.32 Å². The van der Waals surface area contributed by atoms with Crippen LogP contribution in [-0.4, -0.2) is 41.1 Å². The number of esters is 1. The maximum atomic E-state index is 11.8. The standard InChI is InChI=1S/C11H12Cl2N2O5/c1-20-8(16)3-2-6(11(18)19)15-10(17)7-4-5(12)9(13)14-7/h4,6,14H,2-3H2,1H3,(H,15,17)(H,18,19)/t6-/m0/s1. The van der Waals surface area contributed by atoms with Crippen molar-refractivity contribution in [2.75, 3.05) is 7.11 Å². The Morgan fingerprint density at radius 3 is 2.55 bits per heavy atom. The van der Waals surface area contributed by atoms with Gasteiger partial charge in [-0.25, -0.2) is 4.79 Å². The smallest absolute Gasteiger partial charge is 0.326 e. The lowest BCUT2D eigenvalue weighted by Gasteiger charge is -2.13. The number of methoxy groups -OCH3 is 1. The fraction of sp³-hybridized carbons (Fsp3) is 0.364. The van der Waals surface area contributed by atoms with Crippen molar-refractivity contribution in [1.82, 2.24) is 10.3 Å². The van der Waals surface area contributed by atoms with Crippen LogP contribution in [0.15, 0.2) is 6.07 Å². The molecule has 1 heterocycles. The molecule has 1 atom stereocenters. The zero-order chi connectivity index (χ0) is 15.3. The third-order valence-electron chi connectivity index (χ3n) is 2.44. The molecular formula is C11H12Cl2N2O5. The minimum absolute atomic E-state index is 0.0318. The molecule has 1 amide bonds. The Kier molecular flexibility index (Phi) is 5.84. The van der Waals surface area contributed by atoms with Gasteiger partial charge in [0.25, 0.3) is 5.91 Å². The van der Waals surface area contributed by atoms with Gasteiger partial charge in [-0.1, -0.05) is 23.2 Å². The van der Waals surface area contributed by atoms with Crippen molar-refractivity contribution in [1.29, 1.82) is 0 Å². The van der Waals surface area contributed by atoms with Gasteiger partial charge in [0, 0.05) is 6.42 Å². The van der Waals surface area contributed by atoms with Crippen LogP contribution in [0.4, 0.5) is 0 Å². The molecular weight excluding hydrogens is 311 g/mol. The van der Waals surface area contributed by atoms with Crippen molar-refractivity contribution in [3.63, 3.8) is 0 Å². The van der Waals surface area contributed by atoms with Crippen LogP contribution >= 0.6 is 23.2 Å². The second kappa shape index (κ2) is 7.16. The van der Waals surface area contributed by atoms with Gasteiger partial charge in [0.1, 0.15) is 16.9 Å². The highest BCUT2D eigenvalue weighted by Gasteiger charge is 2.23. The van der Waals surface area contributed by atoms with Gasteiger partial charge < -0.3 is 20.1 Å². The normalized spacial score (nSPS) is 11.8. The molecule has 3 N–H and O–H groups in total. The van der Waals surface area contributed by atoms with E-state index in [0.717, 1.165) is 0 Å². The molecule has 1 aromatic rings. The first-order chi connectivity index (χ1) is 9.35. The van der Waals surface area contributed by atoms with Crippen LogP contribution in [0.2, 0.25) is 10.2 Å². The number of H-pyrrole nitrogens is 1. The molecule has 0 aliphatic carbocycles. The number of rotatable bonds is 6. The van der Waals surface area contributed by atoms with Crippen molar-refractivity contribution < 1.29 is 24.2 Å². The van der Waals surface area contributed by atoms with E-state index in [1.54, 1.807) is 0 Å². The average Bonchev–Trinajstić information content (AvgIpc) is 2.73. The van der Waals surface area contributed by atoms with E-state index in [1.807, 2.05) is 0 Å². The molecule has 0 spiro atoms. The number of carbonyl (C=O) groups is 3. The highest BCUT2D eigenvalue weighted by atomic mass is 35.5. The Morgan fingerprint density at radius 2 is 2.10 bits per heavy atom. The van der Waals surface area contributed by atoms with Crippen LogP contribution in [0, 0.1) is 0 Å². The topological polar surface area (TPSA) is 108 Å². The Hall–Kier alpha value is -1.73. The molecule has 110 valence electrons. The fourth-order valence-electron chi connectivity index (χ4n) is 1.38. The molecule has 0 aliphatic rings. The highest BCUT2D eigenvalue weighted by Crippen LogP contribution is 2.21. The van der Waals surface area contributed by atoms with Crippen molar-refractivity contribution in [3.8, 4) is 0 Å². The van der Waals surface area contributed by atoms with Gasteiger partial charge in [-0.2, -0.15) is 0 Å². The van der Waals surface area contributed by atoms with Gasteiger partial charge in [0.05, 0.1) is 12.1 Å². The second-order valence-electron chi connectivity index (χ2n) is 3.82. The molecule has 0 fully saturated rings. The fourth-order valence-corrected chi connectivity index (χ4v) is 1.70. The molecule has 1 aromatic heterocycles. The summed E-state index contributed by atoms with van der Waals surface area (Å²) in [6.45, 7) is 0. The van der Waals surface area contributed by atoms with E-state index >= 15 is 0 Å². The van der Waals surface area contributed by atoms with E-state index in [0.29, 0.717) is 0 Å². The quantitative estimate of drug-likeness (QED) is 0.687. The Bertz CT molecular complexity index is 509. The molecule has 0 aromatic carbocycles. The number of ether oxygens (including phenoxy) is 1. The van der Waals surface area contributed by atoms with Crippen molar-refractivity contribution in [2.24, 2.45) is 0 Å². The Morgan fingerprint density at radius 1 is 1.45 bits per heavy atom. The number of aromatic nitrogens is 1. The minimum Gasteiger partial charge on any atom is -0.480 e. The lowest BCUT2D eigenvalue weighted by atomic mass is 10.1. The first-order valence-corrected chi connectivity index (χ1v) is 6.25. The SMILES string of the molecule is COC(=O)CC[C@H](NC(=O)c1cc(Cl)c(Cl)[nH]1)C(=O)O. The molecule has 0 aliphatic heterocycles. The number of halogens is 2. The molecule has 0 unspecified atom stereocenters. The molecule has 0 radical (unpaired) electrons. The zero-order valence-electron chi connectivity index (χ0n) is 10.4. The summed E-state index contributed by atoms with van der Waals surface area (Å²) in [4.78, 5) is 36.3. The Balaban J connectivity index is 2.68. The van der Waals surface area contributed by atoms with E-state index in [2.05, 4.69) is 15.0 Å². The van der Waals surface area contributed by atoms with Gasteiger partial charge in [-0.3, -0.25) is 9.59 Å². The second-order valence-corrected chi connectivity index (χ2v) is 4.61. The van der Waals surface area contributed by atoms with Gasteiger partial charge >= 0.3 is 11.9 Å². The van der Waals surface area contributed by atoms with Crippen molar-refractivity contribution >= 4 is 41.0 Å². The molecule has 20 heavy (non-hydrogen) atoms. The third-order valence-corrected chi connectivity index (χ3v) is 3.13.